The number of H-pyrrole nitrogens is 1. The van der Waals surface area contributed by atoms with Crippen molar-refractivity contribution >= 4 is 6.03 Å². The van der Waals surface area contributed by atoms with Gasteiger partial charge in [-0.2, -0.15) is 13.2 Å². The standard InChI is InChI=1S/C29H36F3N5O/c1-4-35(5-2)28(38)37(20-22-9-7-6-8-10-22)24-13-17-36(18-14-24)26(27-33-15-16-34-27)23-12-11-21(3)25(19-23)29(30,31)32/h6-12,15-16,19,24,26H,4-5,13-14,17-18,20H2,1-3H3,(H,33,34). The van der Waals surface area contributed by atoms with Crippen molar-refractivity contribution in [3.8, 4) is 0 Å². The Morgan fingerprint density at radius 1 is 1.11 bits per heavy atom. The summed E-state index contributed by atoms with van der Waals surface area (Å²) in [6.07, 6.45) is 0.324. The Balaban J connectivity index is 1.58. The van der Waals surface area contributed by atoms with E-state index in [1.807, 2.05) is 54.0 Å². The number of rotatable bonds is 8. The third-order valence-electron chi connectivity index (χ3n) is 7.44. The fourth-order valence-corrected chi connectivity index (χ4v) is 5.35. The summed E-state index contributed by atoms with van der Waals surface area (Å²) in [5, 5.41) is 0. The summed E-state index contributed by atoms with van der Waals surface area (Å²) in [5.41, 5.74) is 1.20. The highest BCUT2D eigenvalue weighted by Crippen LogP contribution is 2.37. The van der Waals surface area contributed by atoms with Crippen molar-refractivity contribution < 1.29 is 18.0 Å². The quantitative estimate of drug-likeness (QED) is 0.377. The summed E-state index contributed by atoms with van der Waals surface area (Å²) in [4.78, 5) is 27.0. The van der Waals surface area contributed by atoms with Crippen molar-refractivity contribution in [1.29, 1.82) is 0 Å². The Hall–Kier alpha value is -3.33. The van der Waals surface area contributed by atoms with E-state index in [2.05, 4.69) is 14.9 Å². The molecule has 2 aromatic carbocycles. The third kappa shape index (κ3) is 6.20. The molecule has 1 N–H and O–H groups in total. The first-order chi connectivity index (χ1) is 18.2. The summed E-state index contributed by atoms with van der Waals surface area (Å²) in [6.45, 7) is 8.49. The number of halogens is 3. The highest BCUT2D eigenvalue weighted by molar-refractivity contribution is 5.74. The number of alkyl halides is 3. The number of carbonyl (C=O) groups is 1. The van der Waals surface area contributed by atoms with E-state index in [4.69, 9.17) is 0 Å². The van der Waals surface area contributed by atoms with Gasteiger partial charge in [0.15, 0.2) is 0 Å². The molecule has 204 valence electrons. The van der Waals surface area contributed by atoms with Crippen molar-refractivity contribution in [3.63, 3.8) is 0 Å². The van der Waals surface area contributed by atoms with Gasteiger partial charge < -0.3 is 14.8 Å². The number of aromatic amines is 1. The minimum Gasteiger partial charge on any atom is -0.347 e. The van der Waals surface area contributed by atoms with Gasteiger partial charge in [-0.1, -0.05) is 42.5 Å². The van der Waals surface area contributed by atoms with Crippen LogP contribution in [-0.2, 0) is 12.7 Å². The normalized spacial score (nSPS) is 15.8. The molecule has 2 heterocycles. The van der Waals surface area contributed by atoms with Crippen LogP contribution in [0.2, 0.25) is 0 Å². The molecular formula is C29H36F3N5O. The molecule has 0 saturated carbocycles. The van der Waals surface area contributed by atoms with Crippen LogP contribution in [0.25, 0.3) is 0 Å². The summed E-state index contributed by atoms with van der Waals surface area (Å²) in [6, 6.07) is 14.1. The first kappa shape index (κ1) is 27.7. The SMILES string of the molecule is CCN(CC)C(=O)N(Cc1ccccc1)C1CCN(C(c2ccc(C)c(C(F)(F)F)c2)c2ncc[nH]2)CC1. The summed E-state index contributed by atoms with van der Waals surface area (Å²) in [5.74, 6) is 0.612. The highest BCUT2D eigenvalue weighted by atomic mass is 19.4. The van der Waals surface area contributed by atoms with Crippen molar-refractivity contribution in [2.45, 2.75) is 58.4 Å². The fourth-order valence-electron chi connectivity index (χ4n) is 5.35. The number of hydrogen-bond donors (Lipinski definition) is 1. The average Bonchev–Trinajstić information content (AvgIpc) is 3.44. The number of hydrogen-bond acceptors (Lipinski definition) is 3. The Kier molecular flexibility index (Phi) is 8.76. The molecule has 1 unspecified atom stereocenters. The van der Waals surface area contributed by atoms with Gasteiger partial charge in [-0.15, -0.1) is 0 Å². The molecule has 38 heavy (non-hydrogen) atoms. The first-order valence-corrected chi connectivity index (χ1v) is 13.2. The molecule has 0 radical (unpaired) electrons. The lowest BCUT2D eigenvalue weighted by Gasteiger charge is -2.42. The zero-order valence-electron chi connectivity index (χ0n) is 22.2. The Bertz CT molecular complexity index is 1170. The molecule has 1 aromatic heterocycles. The second-order valence-electron chi connectivity index (χ2n) is 9.78. The molecular weight excluding hydrogens is 491 g/mol. The van der Waals surface area contributed by atoms with E-state index < -0.39 is 17.8 Å². The monoisotopic (exact) mass is 527 g/mol. The molecule has 1 fully saturated rings. The van der Waals surface area contributed by atoms with E-state index in [1.54, 1.807) is 18.5 Å². The van der Waals surface area contributed by atoms with E-state index in [-0.39, 0.29) is 17.6 Å². The molecule has 1 saturated heterocycles. The van der Waals surface area contributed by atoms with Crippen LogP contribution in [0.3, 0.4) is 0 Å². The van der Waals surface area contributed by atoms with Gasteiger partial charge in [0.2, 0.25) is 0 Å². The molecule has 1 aliphatic rings. The smallest absolute Gasteiger partial charge is 0.347 e. The maximum Gasteiger partial charge on any atom is 0.416 e. The molecule has 3 aromatic rings. The van der Waals surface area contributed by atoms with E-state index in [9.17, 15) is 18.0 Å². The Labute approximate surface area is 222 Å². The van der Waals surface area contributed by atoms with Crippen molar-refractivity contribution in [2.24, 2.45) is 0 Å². The van der Waals surface area contributed by atoms with Crippen LogP contribution in [0.4, 0.5) is 18.0 Å². The Morgan fingerprint density at radius 3 is 2.37 bits per heavy atom. The number of piperidine rings is 1. The third-order valence-corrected chi connectivity index (χ3v) is 7.44. The number of likely N-dealkylation sites (tertiary alicyclic amines) is 1. The minimum atomic E-state index is -4.43. The second-order valence-corrected chi connectivity index (χ2v) is 9.78. The van der Waals surface area contributed by atoms with Crippen LogP contribution >= 0.6 is 0 Å². The number of aromatic nitrogens is 2. The van der Waals surface area contributed by atoms with Crippen molar-refractivity contribution in [3.05, 3.63) is 89.0 Å². The predicted molar refractivity (Wildman–Crippen MR) is 142 cm³/mol. The van der Waals surface area contributed by atoms with Gasteiger partial charge >= 0.3 is 12.2 Å². The summed E-state index contributed by atoms with van der Waals surface area (Å²) < 4.78 is 41.2. The largest absolute Gasteiger partial charge is 0.416 e. The molecule has 4 rings (SSSR count). The zero-order valence-corrected chi connectivity index (χ0v) is 22.2. The zero-order chi connectivity index (χ0) is 27.3. The molecule has 0 spiro atoms. The van der Waals surface area contributed by atoms with Gasteiger partial charge in [-0.05, 0) is 56.4 Å². The molecule has 0 bridgehead atoms. The lowest BCUT2D eigenvalue weighted by molar-refractivity contribution is -0.138. The number of imidazole rings is 1. The minimum absolute atomic E-state index is 0.0215. The number of benzene rings is 2. The van der Waals surface area contributed by atoms with Gasteiger partial charge in [-0.3, -0.25) is 4.90 Å². The fraction of sp³-hybridized carbons (Fsp3) is 0.448. The van der Waals surface area contributed by atoms with Gasteiger partial charge in [0, 0.05) is 51.2 Å². The highest BCUT2D eigenvalue weighted by Gasteiger charge is 2.36. The predicted octanol–water partition coefficient (Wildman–Crippen LogP) is 6.25. The lowest BCUT2D eigenvalue weighted by Crippen LogP contribution is -2.52. The molecule has 1 aliphatic heterocycles. The average molecular weight is 528 g/mol. The molecule has 0 aliphatic carbocycles. The maximum absolute atomic E-state index is 13.7. The van der Waals surface area contributed by atoms with Crippen molar-refractivity contribution in [2.75, 3.05) is 26.2 Å². The second kappa shape index (κ2) is 12.0. The topological polar surface area (TPSA) is 55.5 Å². The summed E-state index contributed by atoms with van der Waals surface area (Å²) >= 11 is 0. The van der Waals surface area contributed by atoms with E-state index in [0.717, 1.165) is 18.4 Å². The van der Waals surface area contributed by atoms with Crippen LogP contribution in [0.1, 0.15) is 60.8 Å². The molecule has 2 amide bonds. The van der Waals surface area contributed by atoms with Crippen LogP contribution in [0, 0.1) is 6.92 Å². The van der Waals surface area contributed by atoms with Crippen LogP contribution in [0.15, 0.2) is 60.9 Å². The van der Waals surface area contributed by atoms with Crippen molar-refractivity contribution in [1.82, 2.24) is 24.7 Å². The molecule has 1 atom stereocenters. The molecule has 9 heteroatoms. The number of amides is 2. The Morgan fingerprint density at radius 2 is 1.79 bits per heavy atom. The first-order valence-electron chi connectivity index (χ1n) is 13.2. The van der Waals surface area contributed by atoms with Crippen LogP contribution in [0.5, 0.6) is 0 Å². The molecule has 6 nitrogen and oxygen atoms in total. The van der Waals surface area contributed by atoms with Gasteiger partial charge in [0.25, 0.3) is 0 Å². The number of aryl methyl sites for hydroxylation is 1. The van der Waals surface area contributed by atoms with E-state index in [1.165, 1.54) is 19.1 Å². The van der Waals surface area contributed by atoms with Crippen LogP contribution in [-0.4, -0.2) is 62.9 Å². The van der Waals surface area contributed by atoms with Gasteiger partial charge in [-0.25, -0.2) is 9.78 Å². The van der Waals surface area contributed by atoms with Gasteiger partial charge in [0.1, 0.15) is 5.82 Å². The number of urea groups is 1. The lowest BCUT2D eigenvalue weighted by atomic mass is 9.95. The maximum atomic E-state index is 13.7. The number of nitrogens with zero attached hydrogens (tertiary/aromatic N) is 4. The van der Waals surface area contributed by atoms with E-state index in [0.29, 0.717) is 44.1 Å². The number of nitrogens with one attached hydrogen (secondary N) is 1. The number of carbonyl (C=O) groups excluding carboxylic acids is 1. The summed E-state index contributed by atoms with van der Waals surface area (Å²) in [7, 11) is 0. The van der Waals surface area contributed by atoms with Gasteiger partial charge in [0.05, 0.1) is 11.6 Å². The van der Waals surface area contributed by atoms with Crippen LogP contribution < -0.4 is 0 Å². The van der Waals surface area contributed by atoms with E-state index >= 15 is 0 Å².